The first-order chi connectivity index (χ1) is 13.2. The third-order valence-electron chi connectivity index (χ3n) is 4.16. The van der Waals surface area contributed by atoms with Gasteiger partial charge in [-0.05, 0) is 44.2 Å². The average molecular weight is 391 g/mol. The Kier molecular flexibility index (Phi) is 5.75. The zero-order chi connectivity index (χ0) is 20.4. The first kappa shape index (κ1) is 20.0. The van der Waals surface area contributed by atoms with Crippen molar-refractivity contribution in [1.82, 2.24) is 9.97 Å². The number of nitrogens with zero attached hydrogens (tertiary/aromatic N) is 2. The molecule has 1 aromatic heterocycles. The Morgan fingerprint density at radius 3 is 2.21 bits per heavy atom. The Balaban J connectivity index is 1.68. The molecule has 0 spiro atoms. The van der Waals surface area contributed by atoms with Crippen molar-refractivity contribution in [2.24, 2.45) is 0 Å². The molecule has 1 aromatic carbocycles. The number of aliphatic carboxylic acids is 1. The zero-order valence-corrected chi connectivity index (χ0v) is 15.2. The number of aryl methyl sites for hydroxylation is 2. The van der Waals surface area contributed by atoms with E-state index in [0.717, 1.165) is 11.4 Å². The predicted molar refractivity (Wildman–Crippen MR) is 96.2 cm³/mol. The molecule has 1 aliphatic heterocycles. The predicted octanol–water partition coefficient (Wildman–Crippen LogP) is 0.108. The highest BCUT2D eigenvalue weighted by Crippen LogP contribution is 2.26. The molecule has 10 nitrogen and oxygen atoms in total. The second-order valence-corrected chi connectivity index (χ2v) is 6.48. The largest absolute Gasteiger partial charge is 0.479 e. The molecule has 1 saturated heterocycles. The maximum atomic E-state index is 11.1. The Labute approximate surface area is 160 Å². The molecule has 0 unspecified atom stereocenters. The SMILES string of the molecule is Cc1cc(C)nc(Nc2ccc(O[C@@H]3O[C@H](C(=O)O)[C@@H](O)[C@H](O)[C@H]3O)cc2)n1. The molecule has 0 bridgehead atoms. The number of rotatable bonds is 5. The van der Waals surface area contributed by atoms with E-state index >= 15 is 0 Å². The number of carbonyl (C=O) groups is 1. The van der Waals surface area contributed by atoms with Crippen LogP contribution in [0.15, 0.2) is 30.3 Å². The number of anilines is 2. The summed E-state index contributed by atoms with van der Waals surface area (Å²) in [4.78, 5) is 19.7. The molecule has 0 saturated carbocycles. The first-order valence-corrected chi connectivity index (χ1v) is 8.53. The van der Waals surface area contributed by atoms with Gasteiger partial charge in [0, 0.05) is 17.1 Å². The third-order valence-corrected chi connectivity index (χ3v) is 4.16. The number of hydrogen-bond acceptors (Lipinski definition) is 9. The van der Waals surface area contributed by atoms with Crippen LogP contribution in [0.4, 0.5) is 11.6 Å². The minimum atomic E-state index is -1.77. The molecule has 1 aliphatic rings. The number of carboxylic acid groups (broad SMARTS) is 1. The summed E-state index contributed by atoms with van der Waals surface area (Å²) in [6.45, 7) is 3.73. The van der Waals surface area contributed by atoms with Gasteiger partial charge >= 0.3 is 5.97 Å². The maximum absolute atomic E-state index is 11.1. The molecule has 2 heterocycles. The quantitative estimate of drug-likeness (QED) is 0.474. The number of hydrogen-bond donors (Lipinski definition) is 5. The Morgan fingerprint density at radius 1 is 1.04 bits per heavy atom. The van der Waals surface area contributed by atoms with Gasteiger partial charge in [0.1, 0.15) is 24.1 Å². The maximum Gasteiger partial charge on any atom is 0.335 e. The smallest absolute Gasteiger partial charge is 0.335 e. The van der Waals surface area contributed by atoms with Crippen molar-refractivity contribution < 1.29 is 34.7 Å². The third kappa shape index (κ3) is 4.37. The van der Waals surface area contributed by atoms with Gasteiger partial charge < -0.3 is 35.2 Å². The Bertz CT molecular complexity index is 825. The van der Waals surface area contributed by atoms with Crippen molar-refractivity contribution in [3.05, 3.63) is 41.7 Å². The van der Waals surface area contributed by atoms with Gasteiger partial charge in [-0.1, -0.05) is 0 Å². The van der Waals surface area contributed by atoms with E-state index in [9.17, 15) is 20.1 Å². The average Bonchev–Trinajstić information content (AvgIpc) is 2.62. The zero-order valence-electron chi connectivity index (χ0n) is 15.2. The van der Waals surface area contributed by atoms with Gasteiger partial charge in [-0.2, -0.15) is 0 Å². The van der Waals surface area contributed by atoms with Crippen LogP contribution in [0, 0.1) is 13.8 Å². The Hall–Kier alpha value is -2.79. The minimum absolute atomic E-state index is 0.267. The summed E-state index contributed by atoms with van der Waals surface area (Å²) in [5.41, 5.74) is 2.33. The molecule has 28 heavy (non-hydrogen) atoms. The van der Waals surface area contributed by atoms with Crippen LogP contribution in [0.1, 0.15) is 11.4 Å². The summed E-state index contributed by atoms with van der Waals surface area (Å²) in [5, 5.41) is 41.6. The molecule has 2 aromatic rings. The summed E-state index contributed by atoms with van der Waals surface area (Å²) in [6.07, 6.45) is -8.28. The summed E-state index contributed by atoms with van der Waals surface area (Å²) >= 11 is 0. The van der Waals surface area contributed by atoms with Crippen molar-refractivity contribution in [3.8, 4) is 5.75 Å². The molecular weight excluding hydrogens is 370 g/mol. The van der Waals surface area contributed by atoms with Gasteiger partial charge in [0.2, 0.25) is 12.2 Å². The topological polar surface area (TPSA) is 154 Å². The van der Waals surface area contributed by atoms with Crippen LogP contribution >= 0.6 is 0 Å². The second-order valence-electron chi connectivity index (χ2n) is 6.48. The van der Waals surface area contributed by atoms with Crippen LogP contribution in [-0.2, 0) is 9.53 Å². The van der Waals surface area contributed by atoms with E-state index in [1.807, 2.05) is 19.9 Å². The van der Waals surface area contributed by atoms with Crippen LogP contribution in [0.5, 0.6) is 5.75 Å². The van der Waals surface area contributed by atoms with E-state index < -0.39 is 36.7 Å². The molecule has 3 rings (SSSR count). The number of ether oxygens (including phenoxy) is 2. The summed E-state index contributed by atoms with van der Waals surface area (Å²) in [6, 6.07) is 8.33. The summed E-state index contributed by atoms with van der Waals surface area (Å²) < 4.78 is 10.5. The van der Waals surface area contributed by atoms with E-state index in [4.69, 9.17) is 14.6 Å². The van der Waals surface area contributed by atoms with Crippen molar-refractivity contribution in [2.75, 3.05) is 5.32 Å². The van der Waals surface area contributed by atoms with Gasteiger partial charge in [0.15, 0.2) is 6.10 Å². The van der Waals surface area contributed by atoms with Crippen molar-refractivity contribution in [1.29, 1.82) is 0 Å². The van der Waals surface area contributed by atoms with E-state index in [1.54, 1.807) is 24.3 Å². The Morgan fingerprint density at radius 2 is 1.64 bits per heavy atom. The fraction of sp³-hybridized carbons (Fsp3) is 0.389. The molecule has 1 fully saturated rings. The lowest BCUT2D eigenvalue weighted by Crippen LogP contribution is -2.61. The fourth-order valence-electron chi connectivity index (χ4n) is 2.81. The van der Waals surface area contributed by atoms with Gasteiger partial charge in [0.05, 0.1) is 0 Å². The lowest BCUT2D eigenvalue weighted by atomic mass is 9.99. The highest BCUT2D eigenvalue weighted by Gasteiger charge is 2.48. The molecule has 0 amide bonds. The minimum Gasteiger partial charge on any atom is -0.479 e. The monoisotopic (exact) mass is 391 g/mol. The van der Waals surface area contributed by atoms with Gasteiger partial charge in [0.25, 0.3) is 0 Å². The second kappa shape index (κ2) is 8.07. The highest BCUT2D eigenvalue weighted by molar-refractivity contribution is 5.73. The number of carboxylic acids is 1. The molecule has 0 radical (unpaired) electrons. The van der Waals surface area contributed by atoms with E-state index in [1.165, 1.54) is 0 Å². The van der Waals surface area contributed by atoms with Crippen LogP contribution in [0.2, 0.25) is 0 Å². The molecule has 5 N–H and O–H groups in total. The number of aliphatic hydroxyl groups excluding tert-OH is 3. The van der Waals surface area contributed by atoms with Gasteiger partial charge in [-0.3, -0.25) is 0 Å². The van der Waals surface area contributed by atoms with Crippen molar-refractivity contribution in [3.63, 3.8) is 0 Å². The normalized spacial score (nSPS) is 27.2. The van der Waals surface area contributed by atoms with Gasteiger partial charge in [-0.15, -0.1) is 0 Å². The number of aliphatic hydroxyl groups is 3. The summed E-state index contributed by atoms with van der Waals surface area (Å²) in [5.74, 6) is -0.762. The van der Waals surface area contributed by atoms with E-state index in [-0.39, 0.29) is 5.75 Å². The fourth-order valence-corrected chi connectivity index (χ4v) is 2.81. The molecule has 5 atom stereocenters. The number of nitrogens with one attached hydrogen (secondary N) is 1. The molecule has 150 valence electrons. The first-order valence-electron chi connectivity index (χ1n) is 8.53. The van der Waals surface area contributed by atoms with Crippen molar-refractivity contribution >= 4 is 17.6 Å². The lowest BCUT2D eigenvalue weighted by molar-refractivity contribution is -0.271. The highest BCUT2D eigenvalue weighted by atomic mass is 16.7. The number of aromatic nitrogens is 2. The molecular formula is C18H21N3O7. The number of benzene rings is 1. The van der Waals surface area contributed by atoms with Gasteiger partial charge in [-0.25, -0.2) is 14.8 Å². The van der Waals surface area contributed by atoms with Crippen LogP contribution in [0.25, 0.3) is 0 Å². The van der Waals surface area contributed by atoms with Crippen LogP contribution in [0.3, 0.4) is 0 Å². The van der Waals surface area contributed by atoms with Crippen LogP contribution < -0.4 is 10.1 Å². The summed E-state index contributed by atoms with van der Waals surface area (Å²) in [7, 11) is 0. The van der Waals surface area contributed by atoms with E-state index in [0.29, 0.717) is 11.6 Å². The molecule has 0 aliphatic carbocycles. The lowest BCUT2D eigenvalue weighted by Gasteiger charge is -2.38. The van der Waals surface area contributed by atoms with Crippen LogP contribution in [-0.4, -0.2) is 67.1 Å². The van der Waals surface area contributed by atoms with Crippen molar-refractivity contribution in [2.45, 2.75) is 44.6 Å². The molecule has 10 heteroatoms. The van der Waals surface area contributed by atoms with E-state index in [2.05, 4.69) is 15.3 Å². The standard InChI is InChI=1S/C18H21N3O7/c1-8-7-9(2)20-18(19-8)21-10-3-5-11(6-4-10)27-17-14(24)12(22)13(23)15(28-17)16(25)26/h3-7,12-15,17,22-24H,1-2H3,(H,25,26)(H,19,20,21)/t12-,13-,14+,15-,17+/m0/s1.